The summed E-state index contributed by atoms with van der Waals surface area (Å²) in [7, 11) is 0. The van der Waals surface area contributed by atoms with Crippen molar-refractivity contribution < 1.29 is 9.90 Å². The molecule has 0 aliphatic carbocycles. The zero-order valence-corrected chi connectivity index (χ0v) is 11.1. The van der Waals surface area contributed by atoms with Crippen LogP contribution in [0.15, 0.2) is 24.3 Å². The average Bonchev–Trinajstić information content (AvgIpc) is 2.40. The summed E-state index contributed by atoms with van der Waals surface area (Å²) in [5, 5.41) is 11.9. The van der Waals surface area contributed by atoms with E-state index in [1.54, 1.807) is 24.3 Å². The Morgan fingerprint density at radius 2 is 2.11 bits per heavy atom. The first-order valence-corrected chi connectivity index (χ1v) is 6.36. The Hall–Kier alpha value is -1.99. The summed E-state index contributed by atoms with van der Waals surface area (Å²) in [4.78, 5) is 11.9. The van der Waals surface area contributed by atoms with Crippen LogP contribution in [0, 0.1) is 12.3 Å². The molecule has 1 amide bonds. The minimum Gasteiger partial charge on any atom is -0.508 e. The van der Waals surface area contributed by atoms with Crippen LogP contribution in [0.5, 0.6) is 5.75 Å². The second-order valence-electron chi connectivity index (χ2n) is 4.49. The van der Waals surface area contributed by atoms with Gasteiger partial charge in [-0.05, 0) is 30.5 Å². The van der Waals surface area contributed by atoms with E-state index in [0.29, 0.717) is 6.42 Å². The van der Waals surface area contributed by atoms with E-state index in [1.807, 2.05) is 6.92 Å². The Labute approximate surface area is 114 Å². The number of carbonyl (C=O) groups is 1. The van der Waals surface area contributed by atoms with Gasteiger partial charge >= 0.3 is 0 Å². The number of nitrogens with one attached hydrogen (secondary N) is 1. The molecule has 0 fully saturated rings. The van der Waals surface area contributed by atoms with Crippen molar-refractivity contribution in [1.29, 1.82) is 0 Å². The largest absolute Gasteiger partial charge is 0.508 e. The van der Waals surface area contributed by atoms with Crippen LogP contribution in [0.1, 0.15) is 25.3 Å². The molecule has 0 saturated carbocycles. The predicted molar refractivity (Wildman–Crippen MR) is 75.5 cm³/mol. The average molecular weight is 260 g/mol. The minimum absolute atomic E-state index is 0.192. The Morgan fingerprint density at radius 3 is 2.63 bits per heavy atom. The van der Waals surface area contributed by atoms with E-state index < -0.39 is 6.04 Å². The van der Waals surface area contributed by atoms with Crippen molar-refractivity contribution in [3.63, 3.8) is 0 Å². The van der Waals surface area contributed by atoms with E-state index >= 15 is 0 Å². The monoisotopic (exact) mass is 260 g/mol. The van der Waals surface area contributed by atoms with Crippen LogP contribution in [0.3, 0.4) is 0 Å². The number of hydrogen-bond acceptors (Lipinski definition) is 3. The Balaban J connectivity index is 2.53. The van der Waals surface area contributed by atoms with Crippen LogP contribution in [0.2, 0.25) is 0 Å². The molecule has 1 aromatic carbocycles. The van der Waals surface area contributed by atoms with Gasteiger partial charge in [0.1, 0.15) is 5.75 Å². The van der Waals surface area contributed by atoms with Crippen molar-refractivity contribution in [3.05, 3.63) is 29.8 Å². The molecule has 0 aliphatic rings. The van der Waals surface area contributed by atoms with Gasteiger partial charge in [0.15, 0.2) is 0 Å². The number of hydrogen-bond donors (Lipinski definition) is 3. The molecule has 4 N–H and O–H groups in total. The summed E-state index contributed by atoms with van der Waals surface area (Å²) in [5.41, 5.74) is 6.74. The standard InChI is InChI=1S/C15H20N2O2/c1-3-5-12(4-2)17-15(19)14(16)10-11-6-8-13(18)9-7-11/h2,6-9,12,14,18H,3,5,10,16H2,1H3,(H,17,19). The van der Waals surface area contributed by atoms with E-state index in [2.05, 4.69) is 11.2 Å². The molecule has 19 heavy (non-hydrogen) atoms. The first-order chi connectivity index (χ1) is 9.06. The molecule has 4 heteroatoms. The van der Waals surface area contributed by atoms with Crippen molar-refractivity contribution in [2.75, 3.05) is 0 Å². The maximum absolute atomic E-state index is 11.9. The van der Waals surface area contributed by atoms with Crippen molar-refractivity contribution in [1.82, 2.24) is 5.32 Å². The maximum Gasteiger partial charge on any atom is 0.238 e. The molecule has 0 aliphatic heterocycles. The highest BCUT2D eigenvalue weighted by Gasteiger charge is 2.16. The molecule has 2 atom stereocenters. The number of rotatable bonds is 6. The summed E-state index contributed by atoms with van der Waals surface area (Å²) >= 11 is 0. The van der Waals surface area contributed by atoms with Gasteiger partial charge in [0.25, 0.3) is 0 Å². The fourth-order valence-electron chi connectivity index (χ4n) is 1.74. The highest BCUT2D eigenvalue weighted by molar-refractivity contribution is 5.82. The smallest absolute Gasteiger partial charge is 0.238 e. The van der Waals surface area contributed by atoms with Crippen molar-refractivity contribution >= 4 is 5.91 Å². The molecule has 1 aromatic rings. The van der Waals surface area contributed by atoms with Gasteiger partial charge in [-0.3, -0.25) is 4.79 Å². The Bertz CT molecular complexity index is 448. The number of benzene rings is 1. The maximum atomic E-state index is 11.9. The van der Waals surface area contributed by atoms with Crippen LogP contribution in [0.4, 0.5) is 0 Å². The van der Waals surface area contributed by atoms with Crippen LogP contribution >= 0.6 is 0 Å². The second-order valence-corrected chi connectivity index (χ2v) is 4.49. The van der Waals surface area contributed by atoms with Crippen LogP contribution < -0.4 is 11.1 Å². The van der Waals surface area contributed by atoms with Gasteiger partial charge in [0.05, 0.1) is 12.1 Å². The molecule has 102 valence electrons. The Morgan fingerprint density at radius 1 is 1.47 bits per heavy atom. The number of amides is 1. The summed E-state index contributed by atoms with van der Waals surface area (Å²) in [5.74, 6) is 2.49. The number of nitrogens with two attached hydrogens (primary N) is 1. The van der Waals surface area contributed by atoms with E-state index in [1.165, 1.54) is 0 Å². The third-order valence-corrected chi connectivity index (χ3v) is 2.82. The lowest BCUT2D eigenvalue weighted by Crippen LogP contribution is -2.46. The summed E-state index contributed by atoms with van der Waals surface area (Å²) < 4.78 is 0. The highest BCUT2D eigenvalue weighted by atomic mass is 16.3. The first kappa shape index (κ1) is 15.1. The SMILES string of the molecule is C#CC(CCC)NC(=O)C(N)Cc1ccc(O)cc1. The lowest BCUT2D eigenvalue weighted by Gasteiger charge is -2.16. The number of phenolic OH excluding ortho intramolecular Hbond substituents is 1. The third-order valence-electron chi connectivity index (χ3n) is 2.82. The zero-order valence-electron chi connectivity index (χ0n) is 11.1. The molecular formula is C15H20N2O2. The highest BCUT2D eigenvalue weighted by Crippen LogP contribution is 2.11. The van der Waals surface area contributed by atoms with E-state index in [0.717, 1.165) is 18.4 Å². The van der Waals surface area contributed by atoms with Crippen LogP contribution in [-0.4, -0.2) is 23.1 Å². The number of terminal acetylenes is 1. The number of aromatic hydroxyl groups is 1. The lowest BCUT2D eigenvalue weighted by atomic mass is 10.1. The minimum atomic E-state index is -0.641. The first-order valence-electron chi connectivity index (χ1n) is 6.36. The van der Waals surface area contributed by atoms with Gasteiger partial charge in [-0.1, -0.05) is 31.4 Å². The molecule has 4 nitrogen and oxygen atoms in total. The van der Waals surface area contributed by atoms with Crippen molar-refractivity contribution in [2.24, 2.45) is 5.73 Å². The van der Waals surface area contributed by atoms with Gasteiger partial charge in [0.2, 0.25) is 5.91 Å². The quantitative estimate of drug-likeness (QED) is 0.672. The molecule has 0 saturated heterocycles. The van der Waals surface area contributed by atoms with Gasteiger partial charge in [-0.25, -0.2) is 0 Å². The summed E-state index contributed by atoms with van der Waals surface area (Å²) in [6.45, 7) is 2.01. The molecule has 0 heterocycles. The Kier molecular flexibility index (Phi) is 5.91. The fourth-order valence-corrected chi connectivity index (χ4v) is 1.74. The molecule has 0 spiro atoms. The van der Waals surface area contributed by atoms with Crippen LogP contribution in [0.25, 0.3) is 0 Å². The third kappa shape index (κ3) is 5.02. The molecular weight excluding hydrogens is 240 g/mol. The molecule has 0 radical (unpaired) electrons. The molecule has 1 rings (SSSR count). The van der Waals surface area contributed by atoms with Crippen molar-refractivity contribution in [3.8, 4) is 18.1 Å². The van der Waals surface area contributed by atoms with Crippen molar-refractivity contribution in [2.45, 2.75) is 38.3 Å². The normalized spacial score (nSPS) is 13.3. The fraction of sp³-hybridized carbons (Fsp3) is 0.400. The predicted octanol–water partition coefficient (Wildman–Crippen LogP) is 1.18. The van der Waals surface area contributed by atoms with Gasteiger partial charge in [-0.2, -0.15) is 0 Å². The second kappa shape index (κ2) is 7.45. The van der Waals surface area contributed by atoms with Gasteiger partial charge in [0, 0.05) is 0 Å². The molecule has 0 aromatic heterocycles. The number of carbonyl (C=O) groups excluding carboxylic acids is 1. The lowest BCUT2D eigenvalue weighted by molar-refractivity contribution is -0.122. The number of phenols is 1. The van der Waals surface area contributed by atoms with Gasteiger partial charge in [-0.15, -0.1) is 6.42 Å². The molecule has 0 bridgehead atoms. The van der Waals surface area contributed by atoms with Gasteiger partial charge < -0.3 is 16.2 Å². The zero-order chi connectivity index (χ0) is 14.3. The molecule has 2 unspecified atom stereocenters. The summed E-state index contributed by atoms with van der Waals surface area (Å²) in [6.07, 6.45) is 7.40. The van der Waals surface area contributed by atoms with E-state index in [9.17, 15) is 9.90 Å². The summed E-state index contributed by atoms with van der Waals surface area (Å²) in [6, 6.07) is 5.73. The topological polar surface area (TPSA) is 75.4 Å². The van der Waals surface area contributed by atoms with E-state index in [-0.39, 0.29) is 17.7 Å². The van der Waals surface area contributed by atoms with E-state index in [4.69, 9.17) is 12.2 Å². The van der Waals surface area contributed by atoms with Crippen LogP contribution in [-0.2, 0) is 11.2 Å².